The smallest absolute Gasteiger partial charge is 0.211 e. The molecule has 2 N–H and O–H groups in total. The minimum atomic E-state index is -3.22. The van der Waals surface area contributed by atoms with E-state index < -0.39 is 10.0 Å². The Morgan fingerprint density at radius 2 is 2.06 bits per heavy atom. The highest BCUT2D eigenvalue weighted by molar-refractivity contribution is 7.89. The van der Waals surface area contributed by atoms with E-state index in [4.69, 9.17) is 0 Å². The van der Waals surface area contributed by atoms with Crippen LogP contribution in [0.25, 0.3) is 0 Å². The summed E-state index contributed by atoms with van der Waals surface area (Å²) >= 11 is 0. The molecule has 5 heteroatoms. The molecule has 0 saturated carbocycles. The fourth-order valence-electron chi connectivity index (χ4n) is 1.32. The van der Waals surface area contributed by atoms with Gasteiger partial charge in [-0.2, -0.15) is 0 Å². The Labute approximate surface area is 103 Å². The molecule has 0 radical (unpaired) electrons. The number of nitrogens with one attached hydrogen (secondary N) is 1. The Morgan fingerprint density at radius 3 is 2.65 bits per heavy atom. The Hall–Kier alpha value is -1.07. The molecule has 0 aliphatic heterocycles. The molecule has 1 aromatic rings. The summed E-state index contributed by atoms with van der Waals surface area (Å²) in [6, 6.07) is 6.56. The van der Waals surface area contributed by atoms with E-state index in [0.29, 0.717) is 12.3 Å². The second-order valence-electron chi connectivity index (χ2n) is 4.49. The Bertz CT molecular complexity index is 455. The summed E-state index contributed by atoms with van der Waals surface area (Å²) in [5, 5.41) is 9.24. The molecule has 0 saturated heterocycles. The SMILES string of the molecule is CC(C)CCS(=O)(=O)NCc1cccc(O)c1. The van der Waals surface area contributed by atoms with Gasteiger partial charge in [-0.25, -0.2) is 13.1 Å². The van der Waals surface area contributed by atoms with Gasteiger partial charge in [0.2, 0.25) is 10.0 Å². The third-order valence-corrected chi connectivity index (χ3v) is 3.73. The number of phenolic OH excluding ortho intramolecular Hbond substituents is 1. The van der Waals surface area contributed by atoms with E-state index in [0.717, 1.165) is 5.56 Å². The first kappa shape index (κ1) is 14.0. The van der Waals surface area contributed by atoms with Crippen molar-refractivity contribution in [3.63, 3.8) is 0 Å². The van der Waals surface area contributed by atoms with E-state index >= 15 is 0 Å². The molecular weight excluding hydrogens is 238 g/mol. The third kappa shape index (κ3) is 5.70. The maximum atomic E-state index is 11.6. The Kier molecular flexibility index (Phi) is 4.96. The largest absolute Gasteiger partial charge is 0.508 e. The van der Waals surface area contributed by atoms with Crippen LogP contribution in [0, 0.1) is 5.92 Å². The van der Waals surface area contributed by atoms with Crippen molar-refractivity contribution in [2.75, 3.05) is 5.75 Å². The van der Waals surface area contributed by atoms with Crippen molar-refractivity contribution in [2.24, 2.45) is 5.92 Å². The number of benzene rings is 1. The van der Waals surface area contributed by atoms with E-state index in [-0.39, 0.29) is 18.0 Å². The van der Waals surface area contributed by atoms with Gasteiger partial charge in [-0.05, 0) is 30.0 Å². The van der Waals surface area contributed by atoms with E-state index in [2.05, 4.69) is 4.72 Å². The molecule has 0 aliphatic rings. The lowest BCUT2D eigenvalue weighted by Crippen LogP contribution is -2.26. The van der Waals surface area contributed by atoms with Crippen LogP contribution in [0.2, 0.25) is 0 Å². The van der Waals surface area contributed by atoms with Crippen LogP contribution >= 0.6 is 0 Å². The standard InChI is InChI=1S/C12H19NO3S/c1-10(2)6-7-17(15,16)13-9-11-4-3-5-12(14)8-11/h3-5,8,10,13-14H,6-7,9H2,1-2H3. The number of sulfonamides is 1. The summed E-state index contributed by atoms with van der Waals surface area (Å²) in [4.78, 5) is 0. The molecule has 0 aliphatic carbocycles. The van der Waals surface area contributed by atoms with Crippen molar-refractivity contribution >= 4 is 10.0 Å². The van der Waals surface area contributed by atoms with Crippen LogP contribution in [0.5, 0.6) is 5.75 Å². The first-order valence-electron chi connectivity index (χ1n) is 5.64. The zero-order valence-electron chi connectivity index (χ0n) is 10.2. The van der Waals surface area contributed by atoms with Gasteiger partial charge in [-0.15, -0.1) is 0 Å². The average Bonchev–Trinajstić information content (AvgIpc) is 2.24. The van der Waals surface area contributed by atoms with Gasteiger partial charge in [0, 0.05) is 6.54 Å². The maximum absolute atomic E-state index is 11.6. The van der Waals surface area contributed by atoms with E-state index in [9.17, 15) is 13.5 Å². The fourth-order valence-corrected chi connectivity index (χ4v) is 2.64. The van der Waals surface area contributed by atoms with Crippen molar-refractivity contribution in [1.82, 2.24) is 4.72 Å². The molecule has 17 heavy (non-hydrogen) atoms. The zero-order chi connectivity index (χ0) is 12.9. The van der Waals surface area contributed by atoms with Crippen molar-refractivity contribution in [3.05, 3.63) is 29.8 Å². The summed E-state index contributed by atoms with van der Waals surface area (Å²) in [6.45, 7) is 4.20. The van der Waals surface area contributed by atoms with Crippen LogP contribution in [-0.4, -0.2) is 19.3 Å². The minimum Gasteiger partial charge on any atom is -0.508 e. The van der Waals surface area contributed by atoms with Crippen LogP contribution < -0.4 is 4.72 Å². The van der Waals surface area contributed by atoms with Gasteiger partial charge >= 0.3 is 0 Å². The second-order valence-corrected chi connectivity index (χ2v) is 6.42. The monoisotopic (exact) mass is 257 g/mol. The molecule has 0 amide bonds. The van der Waals surface area contributed by atoms with Gasteiger partial charge < -0.3 is 5.11 Å². The third-order valence-electron chi connectivity index (χ3n) is 2.37. The zero-order valence-corrected chi connectivity index (χ0v) is 11.0. The van der Waals surface area contributed by atoms with Gasteiger partial charge in [0.05, 0.1) is 5.75 Å². The lowest BCUT2D eigenvalue weighted by molar-refractivity contribution is 0.474. The molecule has 0 unspecified atom stereocenters. The highest BCUT2D eigenvalue weighted by Gasteiger charge is 2.10. The molecule has 96 valence electrons. The van der Waals surface area contributed by atoms with Crippen LogP contribution in [0.1, 0.15) is 25.8 Å². The summed E-state index contributed by atoms with van der Waals surface area (Å²) in [5.41, 5.74) is 0.748. The lowest BCUT2D eigenvalue weighted by atomic mass is 10.2. The molecule has 0 bridgehead atoms. The van der Waals surface area contributed by atoms with Gasteiger partial charge in [0.15, 0.2) is 0 Å². The molecular formula is C12H19NO3S. The van der Waals surface area contributed by atoms with Crippen LogP contribution in [0.15, 0.2) is 24.3 Å². The quantitative estimate of drug-likeness (QED) is 0.817. The Balaban J connectivity index is 2.50. The van der Waals surface area contributed by atoms with Crippen molar-refractivity contribution in [1.29, 1.82) is 0 Å². The average molecular weight is 257 g/mol. The highest BCUT2D eigenvalue weighted by Crippen LogP contribution is 2.11. The predicted octanol–water partition coefficient (Wildman–Crippen LogP) is 1.86. The van der Waals surface area contributed by atoms with Gasteiger partial charge in [-0.1, -0.05) is 26.0 Å². The summed E-state index contributed by atoms with van der Waals surface area (Å²) in [5.74, 6) is 0.653. The normalized spacial score (nSPS) is 11.9. The number of hydrogen-bond acceptors (Lipinski definition) is 3. The molecule has 0 atom stereocenters. The van der Waals surface area contributed by atoms with Gasteiger partial charge in [-0.3, -0.25) is 0 Å². The maximum Gasteiger partial charge on any atom is 0.211 e. The van der Waals surface area contributed by atoms with Crippen molar-refractivity contribution in [2.45, 2.75) is 26.8 Å². The van der Waals surface area contributed by atoms with Crippen molar-refractivity contribution in [3.8, 4) is 5.75 Å². The molecule has 0 aromatic heterocycles. The van der Waals surface area contributed by atoms with Crippen LogP contribution in [0.4, 0.5) is 0 Å². The molecule has 1 rings (SSSR count). The summed E-state index contributed by atoms with van der Waals surface area (Å²) in [7, 11) is -3.22. The van der Waals surface area contributed by atoms with E-state index in [1.54, 1.807) is 24.3 Å². The number of hydrogen-bond donors (Lipinski definition) is 2. The lowest BCUT2D eigenvalue weighted by Gasteiger charge is -2.08. The first-order chi connectivity index (χ1) is 7.89. The van der Waals surface area contributed by atoms with E-state index in [1.165, 1.54) is 0 Å². The topological polar surface area (TPSA) is 66.4 Å². The van der Waals surface area contributed by atoms with Crippen molar-refractivity contribution < 1.29 is 13.5 Å². The first-order valence-corrected chi connectivity index (χ1v) is 7.29. The van der Waals surface area contributed by atoms with Gasteiger partial charge in [0.1, 0.15) is 5.75 Å². The highest BCUT2D eigenvalue weighted by atomic mass is 32.2. The molecule has 4 nitrogen and oxygen atoms in total. The summed E-state index contributed by atoms with van der Waals surface area (Å²) < 4.78 is 25.8. The van der Waals surface area contributed by atoms with Gasteiger partial charge in [0.25, 0.3) is 0 Å². The van der Waals surface area contributed by atoms with E-state index in [1.807, 2.05) is 13.8 Å². The molecule has 0 heterocycles. The number of rotatable bonds is 6. The Morgan fingerprint density at radius 1 is 1.35 bits per heavy atom. The predicted molar refractivity (Wildman–Crippen MR) is 68.2 cm³/mol. The molecule has 1 aromatic carbocycles. The molecule has 0 fully saturated rings. The summed E-state index contributed by atoms with van der Waals surface area (Å²) in [6.07, 6.45) is 0.648. The van der Waals surface area contributed by atoms with Crippen LogP contribution in [-0.2, 0) is 16.6 Å². The van der Waals surface area contributed by atoms with Crippen LogP contribution in [0.3, 0.4) is 0 Å². The number of aromatic hydroxyl groups is 1. The second kappa shape index (κ2) is 6.02. The molecule has 0 spiro atoms. The fraction of sp³-hybridized carbons (Fsp3) is 0.500. The number of phenols is 1. The minimum absolute atomic E-state index is 0.142.